The van der Waals surface area contributed by atoms with Gasteiger partial charge in [0.15, 0.2) is 0 Å². The predicted molar refractivity (Wildman–Crippen MR) is 46.9 cm³/mol. The molecular formula is C9H12N2O. The van der Waals surface area contributed by atoms with E-state index in [1.54, 1.807) is 12.3 Å². The number of nitrogens with two attached hydrogens (primary N) is 1. The van der Waals surface area contributed by atoms with E-state index in [1.807, 2.05) is 6.07 Å². The second kappa shape index (κ2) is 3.01. The van der Waals surface area contributed by atoms with Crippen molar-refractivity contribution in [2.24, 2.45) is 5.92 Å². The summed E-state index contributed by atoms with van der Waals surface area (Å²) in [5, 5.41) is 0. The molecule has 1 heterocycles. The van der Waals surface area contributed by atoms with Crippen molar-refractivity contribution in [1.29, 1.82) is 0 Å². The molecule has 0 atom stereocenters. The third-order valence-electron chi connectivity index (χ3n) is 1.94. The van der Waals surface area contributed by atoms with Crippen LogP contribution in [0.15, 0.2) is 18.3 Å². The van der Waals surface area contributed by atoms with Gasteiger partial charge in [-0.05, 0) is 24.8 Å². The molecule has 1 aromatic rings. The number of pyridine rings is 1. The number of ether oxygens (including phenoxy) is 1. The van der Waals surface area contributed by atoms with Crippen molar-refractivity contribution in [3.8, 4) is 5.75 Å². The van der Waals surface area contributed by atoms with Crippen LogP contribution in [-0.2, 0) is 0 Å². The Kier molecular flexibility index (Phi) is 1.86. The van der Waals surface area contributed by atoms with Crippen LogP contribution in [0.5, 0.6) is 5.75 Å². The van der Waals surface area contributed by atoms with Gasteiger partial charge in [-0.25, -0.2) is 4.98 Å². The minimum Gasteiger partial charge on any atom is -0.493 e. The number of nitrogen functional groups attached to an aromatic ring is 1. The molecule has 0 bridgehead atoms. The zero-order valence-corrected chi connectivity index (χ0v) is 6.86. The van der Waals surface area contributed by atoms with Crippen LogP contribution in [0.2, 0.25) is 0 Å². The highest BCUT2D eigenvalue weighted by Gasteiger charge is 2.21. The summed E-state index contributed by atoms with van der Waals surface area (Å²) in [7, 11) is 0. The molecule has 3 nitrogen and oxygen atoms in total. The summed E-state index contributed by atoms with van der Waals surface area (Å²) in [6.45, 7) is 0.823. The van der Waals surface area contributed by atoms with Crippen molar-refractivity contribution in [3.05, 3.63) is 18.3 Å². The molecule has 1 saturated carbocycles. The molecule has 0 saturated heterocycles. The molecule has 0 aromatic carbocycles. The predicted octanol–water partition coefficient (Wildman–Crippen LogP) is 1.45. The molecule has 1 fully saturated rings. The van der Waals surface area contributed by atoms with Crippen LogP contribution in [0.3, 0.4) is 0 Å². The van der Waals surface area contributed by atoms with Crippen molar-refractivity contribution in [3.63, 3.8) is 0 Å². The first kappa shape index (κ1) is 7.40. The largest absolute Gasteiger partial charge is 0.493 e. The topological polar surface area (TPSA) is 48.1 Å². The Balaban J connectivity index is 1.92. The van der Waals surface area contributed by atoms with E-state index in [4.69, 9.17) is 10.5 Å². The molecule has 1 aliphatic carbocycles. The van der Waals surface area contributed by atoms with Gasteiger partial charge in [-0.3, -0.25) is 0 Å². The lowest BCUT2D eigenvalue weighted by Crippen LogP contribution is -1.99. The van der Waals surface area contributed by atoms with Crippen LogP contribution in [0.4, 0.5) is 5.82 Å². The molecule has 1 aromatic heterocycles. The molecule has 12 heavy (non-hydrogen) atoms. The maximum atomic E-state index is 5.49. The van der Waals surface area contributed by atoms with Gasteiger partial charge in [0, 0.05) is 12.3 Å². The highest BCUT2D eigenvalue weighted by atomic mass is 16.5. The Hall–Kier alpha value is -1.25. The molecule has 2 rings (SSSR count). The molecule has 0 aliphatic heterocycles. The first-order valence-corrected chi connectivity index (χ1v) is 4.19. The fourth-order valence-electron chi connectivity index (χ4n) is 1.02. The van der Waals surface area contributed by atoms with Gasteiger partial charge in [-0.15, -0.1) is 0 Å². The molecule has 0 amide bonds. The van der Waals surface area contributed by atoms with E-state index < -0.39 is 0 Å². The van der Waals surface area contributed by atoms with E-state index in [1.165, 1.54) is 12.8 Å². The second-order valence-corrected chi connectivity index (χ2v) is 3.17. The van der Waals surface area contributed by atoms with Crippen LogP contribution in [0, 0.1) is 5.92 Å². The van der Waals surface area contributed by atoms with E-state index in [0.29, 0.717) is 5.82 Å². The van der Waals surface area contributed by atoms with Gasteiger partial charge in [0.2, 0.25) is 0 Å². The number of hydrogen-bond acceptors (Lipinski definition) is 3. The van der Waals surface area contributed by atoms with E-state index in [0.717, 1.165) is 18.3 Å². The highest BCUT2D eigenvalue weighted by Crippen LogP contribution is 2.29. The normalized spacial score (nSPS) is 16.0. The molecule has 0 spiro atoms. The van der Waals surface area contributed by atoms with Crippen LogP contribution in [0.1, 0.15) is 12.8 Å². The van der Waals surface area contributed by atoms with Gasteiger partial charge in [-0.1, -0.05) is 0 Å². The lowest BCUT2D eigenvalue weighted by atomic mass is 10.4. The van der Waals surface area contributed by atoms with Gasteiger partial charge in [-0.2, -0.15) is 0 Å². The smallest absolute Gasteiger partial charge is 0.126 e. The highest BCUT2D eigenvalue weighted by molar-refractivity contribution is 5.35. The third-order valence-corrected chi connectivity index (χ3v) is 1.94. The molecule has 1 aliphatic rings. The summed E-state index contributed by atoms with van der Waals surface area (Å²) >= 11 is 0. The number of aromatic nitrogens is 1. The van der Waals surface area contributed by atoms with E-state index in [-0.39, 0.29) is 0 Å². The molecular weight excluding hydrogens is 152 g/mol. The summed E-state index contributed by atoms with van der Waals surface area (Å²) in [5.41, 5.74) is 5.49. The Morgan fingerprint density at radius 2 is 2.42 bits per heavy atom. The Morgan fingerprint density at radius 3 is 3.08 bits per heavy atom. The fraction of sp³-hybridized carbons (Fsp3) is 0.444. The first-order chi connectivity index (χ1) is 5.84. The van der Waals surface area contributed by atoms with Gasteiger partial charge >= 0.3 is 0 Å². The van der Waals surface area contributed by atoms with Gasteiger partial charge in [0.25, 0.3) is 0 Å². The van der Waals surface area contributed by atoms with E-state index in [2.05, 4.69) is 4.98 Å². The van der Waals surface area contributed by atoms with Crippen molar-refractivity contribution in [2.75, 3.05) is 12.3 Å². The average Bonchev–Trinajstić information content (AvgIpc) is 2.84. The Morgan fingerprint density at radius 1 is 1.58 bits per heavy atom. The monoisotopic (exact) mass is 164 g/mol. The molecule has 0 radical (unpaired) electrons. The third kappa shape index (κ3) is 1.87. The first-order valence-electron chi connectivity index (χ1n) is 4.19. The Bertz CT molecular complexity index is 271. The number of anilines is 1. The molecule has 2 N–H and O–H groups in total. The quantitative estimate of drug-likeness (QED) is 0.735. The summed E-state index contributed by atoms with van der Waals surface area (Å²) in [4.78, 5) is 3.88. The lowest BCUT2D eigenvalue weighted by molar-refractivity contribution is 0.299. The number of hydrogen-bond donors (Lipinski definition) is 1. The van der Waals surface area contributed by atoms with Crippen LogP contribution < -0.4 is 10.5 Å². The van der Waals surface area contributed by atoms with Crippen LogP contribution in [-0.4, -0.2) is 11.6 Å². The SMILES string of the molecule is Nc1cc(OCC2CC2)ccn1. The van der Waals surface area contributed by atoms with Gasteiger partial charge < -0.3 is 10.5 Å². The number of nitrogens with zero attached hydrogens (tertiary/aromatic N) is 1. The van der Waals surface area contributed by atoms with E-state index in [9.17, 15) is 0 Å². The van der Waals surface area contributed by atoms with Crippen molar-refractivity contribution in [1.82, 2.24) is 4.98 Å². The summed E-state index contributed by atoms with van der Waals surface area (Å²) in [6.07, 6.45) is 4.28. The minimum atomic E-state index is 0.517. The molecule has 64 valence electrons. The second-order valence-electron chi connectivity index (χ2n) is 3.17. The molecule has 0 unspecified atom stereocenters. The number of rotatable bonds is 3. The van der Waals surface area contributed by atoms with Gasteiger partial charge in [0.1, 0.15) is 11.6 Å². The fourth-order valence-corrected chi connectivity index (χ4v) is 1.02. The molecule has 3 heteroatoms. The van der Waals surface area contributed by atoms with E-state index >= 15 is 0 Å². The zero-order chi connectivity index (χ0) is 8.39. The Labute approximate surface area is 71.6 Å². The average molecular weight is 164 g/mol. The standard InChI is InChI=1S/C9H12N2O/c10-9-5-8(3-4-11-9)12-6-7-1-2-7/h3-5,7H,1-2,6H2,(H2,10,11). The maximum Gasteiger partial charge on any atom is 0.126 e. The maximum absolute atomic E-state index is 5.49. The lowest BCUT2D eigenvalue weighted by Gasteiger charge is -2.04. The van der Waals surface area contributed by atoms with Crippen LogP contribution >= 0.6 is 0 Å². The summed E-state index contributed by atoms with van der Waals surface area (Å²) < 4.78 is 5.49. The zero-order valence-electron chi connectivity index (χ0n) is 6.86. The van der Waals surface area contributed by atoms with Gasteiger partial charge in [0.05, 0.1) is 6.61 Å². The van der Waals surface area contributed by atoms with Crippen molar-refractivity contribution >= 4 is 5.82 Å². The van der Waals surface area contributed by atoms with Crippen molar-refractivity contribution < 1.29 is 4.74 Å². The summed E-state index contributed by atoms with van der Waals surface area (Å²) in [5.74, 6) is 2.12. The minimum absolute atomic E-state index is 0.517. The summed E-state index contributed by atoms with van der Waals surface area (Å²) in [6, 6.07) is 3.58. The van der Waals surface area contributed by atoms with Crippen molar-refractivity contribution in [2.45, 2.75) is 12.8 Å². The van der Waals surface area contributed by atoms with Crippen LogP contribution in [0.25, 0.3) is 0 Å².